The molecule has 2 rings (SSSR count). The molecular weight excluding hydrogens is 338 g/mol. The number of likely N-dealkylation sites (tertiary alicyclic amines) is 1. The molecule has 0 unspecified atom stereocenters. The number of piperidine rings is 1. The molecule has 0 bridgehead atoms. The van der Waals surface area contributed by atoms with Crippen LogP contribution in [0.4, 0.5) is 0 Å². The lowest BCUT2D eigenvalue weighted by molar-refractivity contribution is 0.0953. The van der Waals surface area contributed by atoms with E-state index in [9.17, 15) is 4.79 Å². The molecule has 1 aliphatic rings. The Balaban J connectivity index is 1.69. The number of nitrogens with one attached hydrogen (secondary N) is 3. The summed E-state index contributed by atoms with van der Waals surface area (Å²) in [7, 11) is 1.79. The Bertz CT molecular complexity index is 579. The molecule has 1 saturated heterocycles. The van der Waals surface area contributed by atoms with E-state index in [1.807, 2.05) is 24.3 Å². The number of rotatable bonds is 9. The van der Waals surface area contributed by atoms with Crippen molar-refractivity contribution in [3.8, 4) is 0 Å². The van der Waals surface area contributed by atoms with Gasteiger partial charge in [0.05, 0.1) is 0 Å². The van der Waals surface area contributed by atoms with Crippen LogP contribution in [0, 0.1) is 0 Å². The molecule has 6 heteroatoms. The summed E-state index contributed by atoms with van der Waals surface area (Å²) in [6.45, 7) is 7.92. The van der Waals surface area contributed by atoms with Gasteiger partial charge in [-0.05, 0) is 50.0 Å². The number of hydrogen-bond acceptors (Lipinski definition) is 3. The van der Waals surface area contributed by atoms with Crippen molar-refractivity contribution >= 4 is 11.9 Å². The molecule has 6 nitrogen and oxygen atoms in total. The summed E-state index contributed by atoms with van der Waals surface area (Å²) in [5.74, 6) is 0.812. The number of carbonyl (C=O) groups excluding carboxylic acids is 1. The number of hydrogen-bond donors (Lipinski definition) is 3. The first-order chi connectivity index (χ1) is 13.2. The topological polar surface area (TPSA) is 68.8 Å². The van der Waals surface area contributed by atoms with E-state index in [0.717, 1.165) is 44.0 Å². The number of unbranched alkanes of at least 4 members (excludes halogenated alkanes) is 1. The first-order valence-electron chi connectivity index (χ1n) is 10.3. The normalized spacial score (nSPS) is 15.4. The van der Waals surface area contributed by atoms with Gasteiger partial charge < -0.3 is 20.9 Å². The summed E-state index contributed by atoms with van der Waals surface area (Å²) in [6, 6.07) is 7.74. The number of benzene rings is 1. The second-order valence-electron chi connectivity index (χ2n) is 7.06. The van der Waals surface area contributed by atoms with Crippen molar-refractivity contribution in [2.75, 3.05) is 39.8 Å². The summed E-state index contributed by atoms with van der Waals surface area (Å²) in [6.07, 6.45) is 6.10. The summed E-state index contributed by atoms with van der Waals surface area (Å²) in [5, 5.41) is 9.65. The summed E-state index contributed by atoms with van der Waals surface area (Å²) in [5.41, 5.74) is 1.83. The van der Waals surface area contributed by atoms with Gasteiger partial charge in [-0.25, -0.2) is 0 Å². The van der Waals surface area contributed by atoms with E-state index in [1.165, 1.54) is 32.4 Å². The van der Waals surface area contributed by atoms with Gasteiger partial charge in [-0.2, -0.15) is 0 Å². The molecule has 1 aromatic rings. The van der Waals surface area contributed by atoms with E-state index < -0.39 is 0 Å². The predicted octanol–water partition coefficient (Wildman–Crippen LogP) is 2.37. The van der Waals surface area contributed by atoms with Gasteiger partial charge in [0.15, 0.2) is 5.96 Å². The van der Waals surface area contributed by atoms with Gasteiger partial charge in [-0.1, -0.05) is 31.9 Å². The fourth-order valence-electron chi connectivity index (χ4n) is 3.18. The average molecular weight is 374 g/mol. The van der Waals surface area contributed by atoms with Crippen LogP contribution >= 0.6 is 0 Å². The van der Waals surface area contributed by atoms with E-state index >= 15 is 0 Å². The maximum atomic E-state index is 12.0. The zero-order valence-electron chi connectivity index (χ0n) is 16.9. The Morgan fingerprint density at radius 1 is 1.04 bits per heavy atom. The Morgan fingerprint density at radius 2 is 1.78 bits per heavy atom. The Morgan fingerprint density at radius 3 is 2.44 bits per heavy atom. The smallest absolute Gasteiger partial charge is 0.251 e. The molecule has 1 heterocycles. The maximum Gasteiger partial charge on any atom is 0.251 e. The van der Waals surface area contributed by atoms with Crippen LogP contribution in [0.5, 0.6) is 0 Å². The fourth-order valence-corrected chi connectivity index (χ4v) is 3.18. The van der Waals surface area contributed by atoms with Crippen LogP contribution in [0.1, 0.15) is 54.9 Å². The molecule has 0 radical (unpaired) electrons. The van der Waals surface area contributed by atoms with E-state index in [0.29, 0.717) is 12.1 Å². The minimum Gasteiger partial charge on any atom is -0.355 e. The van der Waals surface area contributed by atoms with E-state index in [2.05, 4.69) is 32.8 Å². The van der Waals surface area contributed by atoms with Crippen molar-refractivity contribution < 1.29 is 4.79 Å². The zero-order valence-corrected chi connectivity index (χ0v) is 16.9. The lowest BCUT2D eigenvalue weighted by atomic mass is 10.1. The van der Waals surface area contributed by atoms with Crippen molar-refractivity contribution in [3.05, 3.63) is 35.4 Å². The summed E-state index contributed by atoms with van der Waals surface area (Å²) < 4.78 is 0. The minimum absolute atomic E-state index is 0.00171. The monoisotopic (exact) mass is 373 g/mol. The van der Waals surface area contributed by atoms with Gasteiger partial charge >= 0.3 is 0 Å². The van der Waals surface area contributed by atoms with Crippen LogP contribution in [0.2, 0.25) is 0 Å². The number of aliphatic imine (C=N–C) groups is 1. The second kappa shape index (κ2) is 12.3. The highest BCUT2D eigenvalue weighted by Crippen LogP contribution is 2.07. The van der Waals surface area contributed by atoms with Gasteiger partial charge in [-0.15, -0.1) is 0 Å². The Hall–Kier alpha value is -2.08. The lowest BCUT2D eigenvalue weighted by Gasteiger charge is -2.26. The van der Waals surface area contributed by atoms with Crippen molar-refractivity contribution in [2.24, 2.45) is 4.99 Å². The number of carbonyl (C=O) groups is 1. The van der Waals surface area contributed by atoms with Crippen molar-refractivity contribution in [1.82, 2.24) is 20.9 Å². The molecule has 1 aliphatic heterocycles. The van der Waals surface area contributed by atoms with Gasteiger partial charge in [0.25, 0.3) is 5.91 Å². The molecule has 27 heavy (non-hydrogen) atoms. The summed E-state index contributed by atoms with van der Waals surface area (Å²) >= 11 is 0. The first-order valence-corrected chi connectivity index (χ1v) is 10.3. The molecule has 3 N–H and O–H groups in total. The van der Waals surface area contributed by atoms with Crippen LogP contribution in [0.3, 0.4) is 0 Å². The largest absolute Gasteiger partial charge is 0.355 e. The fraction of sp³-hybridized carbons (Fsp3) is 0.619. The van der Waals surface area contributed by atoms with Gasteiger partial charge in [0.2, 0.25) is 0 Å². The number of amides is 1. The van der Waals surface area contributed by atoms with E-state index in [4.69, 9.17) is 0 Å². The third kappa shape index (κ3) is 7.99. The van der Waals surface area contributed by atoms with Crippen LogP contribution in [0.25, 0.3) is 0 Å². The van der Waals surface area contributed by atoms with Crippen LogP contribution in [-0.4, -0.2) is 56.5 Å². The zero-order chi connectivity index (χ0) is 19.3. The second-order valence-corrected chi connectivity index (χ2v) is 7.06. The SMILES string of the molecule is CCCCNC(=O)c1ccc(CNC(=NC)NCCN2CCCCC2)cc1. The van der Waals surface area contributed by atoms with E-state index in [-0.39, 0.29) is 5.91 Å². The van der Waals surface area contributed by atoms with Gasteiger partial charge in [0, 0.05) is 38.8 Å². The van der Waals surface area contributed by atoms with Gasteiger partial charge in [-0.3, -0.25) is 9.79 Å². The molecule has 0 aromatic heterocycles. The van der Waals surface area contributed by atoms with Gasteiger partial charge in [0.1, 0.15) is 0 Å². The summed E-state index contributed by atoms with van der Waals surface area (Å²) in [4.78, 5) is 18.8. The van der Waals surface area contributed by atoms with E-state index in [1.54, 1.807) is 7.05 Å². The predicted molar refractivity (Wildman–Crippen MR) is 112 cm³/mol. The highest BCUT2D eigenvalue weighted by atomic mass is 16.1. The van der Waals surface area contributed by atoms with Crippen molar-refractivity contribution in [2.45, 2.75) is 45.6 Å². The number of guanidine groups is 1. The molecule has 150 valence electrons. The average Bonchev–Trinajstić information content (AvgIpc) is 2.72. The first kappa shape index (κ1) is 21.2. The molecule has 1 fully saturated rings. The highest BCUT2D eigenvalue weighted by molar-refractivity contribution is 5.94. The Kier molecular flexibility index (Phi) is 9.69. The molecule has 0 saturated carbocycles. The molecule has 0 aliphatic carbocycles. The highest BCUT2D eigenvalue weighted by Gasteiger charge is 2.09. The third-order valence-electron chi connectivity index (χ3n) is 4.88. The van der Waals surface area contributed by atoms with Crippen LogP contribution < -0.4 is 16.0 Å². The molecule has 1 aromatic carbocycles. The maximum absolute atomic E-state index is 12.0. The number of nitrogens with zero attached hydrogens (tertiary/aromatic N) is 2. The molecular formula is C21H35N5O. The Labute approximate surface area is 163 Å². The quantitative estimate of drug-likeness (QED) is 0.353. The lowest BCUT2D eigenvalue weighted by Crippen LogP contribution is -2.42. The standard InChI is InChI=1S/C21H35N5O/c1-3-4-12-23-20(27)19-10-8-18(9-11-19)17-25-21(22-2)24-13-16-26-14-6-5-7-15-26/h8-11H,3-7,12-17H2,1-2H3,(H,23,27)(H2,22,24,25). The minimum atomic E-state index is -0.00171. The van der Waals surface area contributed by atoms with Crippen molar-refractivity contribution in [1.29, 1.82) is 0 Å². The van der Waals surface area contributed by atoms with Crippen molar-refractivity contribution in [3.63, 3.8) is 0 Å². The molecule has 0 atom stereocenters. The molecule has 0 spiro atoms. The molecule has 1 amide bonds. The van der Waals surface area contributed by atoms with Crippen LogP contribution in [0.15, 0.2) is 29.3 Å². The third-order valence-corrected chi connectivity index (χ3v) is 4.88. The van der Waals surface area contributed by atoms with Crippen LogP contribution in [-0.2, 0) is 6.54 Å².